The fraction of sp³-hybridized carbons (Fsp3) is 0.222. The second-order valence-corrected chi connectivity index (χ2v) is 6.78. The van der Waals surface area contributed by atoms with E-state index in [-0.39, 0.29) is 10.0 Å². The molecule has 7 nitrogen and oxygen atoms in total. The lowest BCUT2D eigenvalue weighted by Crippen LogP contribution is -2.16. The molecule has 2 heterocycles. The molecule has 0 saturated carbocycles. The topological polar surface area (TPSA) is 96.9 Å². The molecular weight excluding hydrogens is 354 g/mol. The first-order valence-corrected chi connectivity index (χ1v) is 8.37. The lowest BCUT2D eigenvalue weighted by atomic mass is 10.4. The summed E-state index contributed by atoms with van der Waals surface area (Å²) in [5.41, 5.74) is 1.45. The van der Waals surface area contributed by atoms with Crippen molar-refractivity contribution in [1.82, 2.24) is 15.2 Å². The zero-order valence-electron chi connectivity index (χ0n) is 9.79. The van der Waals surface area contributed by atoms with Gasteiger partial charge in [0.25, 0.3) is 10.0 Å². The Morgan fingerprint density at radius 1 is 1.47 bits per heavy atom. The van der Waals surface area contributed by atoms with Gasteiger partial charge in [-0.25, -0.2) is 13.4 Å². The number of anilines is 2. The van der Waals surface area contributed by atoms with Crippen molar-refractivity contribution >= 4 is 48.2 Å². The monoisotopic (exact) mass is 363 g/mol. The molecule has 0 bridgehead atoms. The number of aromatic nitrogens is 3. The summed E-state index contributed by atoms with van der Waals surface area (Å²) in [6, 6.07) is 1.48. The predicted molar refractivity (Wildman–Crippen MR) is 76.8 cm³/mol. The van der Waals surface area contributed by atoms with Crippen LogP contribution in [-0.2, 0) is 10.0 Å². The van der Waals surface area contributed by atoms with Crippen molar-refractivity contribution in [3.05, 3.63) is 22.2 Å². The van der Waals surface area contributed by atoms with Gasteiger partial charge < -0.3 is 5.32 Å². The molecule has 0 atom stereocenters. The molecule has 0 aliphatic carbocycles. The summed E-state index contributed by atoms with van der Waals surface area (Å²) in [5.74, 6) is 0.294. The summed E-state index contributed by atoms with van der Waals surface area (Å²) in [5, 5.41) is 10.3. The Bertz CT molecular complexity index is 659. The second-order valence-electron chi connectivity index (χ2n) is 3.38. The van der Waals surface area contributed by atoms with Gasteiger partial charge in [-0.15, -0.1) is 10.2 Å². The van der Waals surface area contributed by atoms with Crippen LogP contribution in [0.15, 0.2) is 27.1 Å². The molecule has 2 N–H and O–H groups in total. The average molecular weight is 364 g/mol. The first-order valence-electron chi connectivity index (χ1n) is 5.21. The molecule has 0 aliphatic heterocycles. The van der Waals surface area contributed by atoms with Crippen LogP contribution in [0.25, 0.3) is 0 Å². The van der Waals surface area contributed by atoms with Crippen molar-refractivity contribution in [1.29, 1.82) is 0 Å². The number of hydrogen-bond acceptors (Lipinski definition) is 7. The standard InChI is InChI=1S/C9H10BrN5O2S2/c1-2-11-8-7(3-6(10)4-12-8)19(16,17)15-9-14-13-5-18-9/h3-5H,2H2,1H3,(H,11,12)(H,14,15). The van der Waals surface area contributed by atoms with E-state index in [1.54, 1.807) is 0 Å². The van der Waals surface area contributed by atoms with Crippen molar-refractivity contribution in [2.24, 2.45) is 0 Å². The molecule has 2 rings (SSSR count). The summed E-state index contributed by atoms with van der Waals surface area (Å²) in [7, 11) is -3.76. The molecule has 2 aromatic rings. The second kappa shape index (κ2) is 5.80. The van der Waals surface area contributed by atoms with Crippen molar-refractivity contribution in [3.63, 3.8) is 0 Å². The summed E-state index contributed by atoms with van der Waals surface area (Å²) < 4.78 is 27.5. The van der Waals surface area contributed by atoms with Crippen LogP contribution in [0.4, 0.5) is 10.9 Å². The Morgan fingerprint density at radius 3 is 2.89 bits per heavy atom. The van der Waals surface area contributed by atoms with Crippen LogP contribution in [0.5, 0.6) is 0 Å². The molecule has 0 unspecified atom stereocenters. The fourth-order valence-corrected chi connectivity index (χ4v) is 3.65. The number of pyridine rings is 1. The highest BCUT2D eigenvalue weighted by atomic mass is 79.9. The van der Waals surface area contributed by atoms with Crippen LogP contribution in [-0.4, -0.2) is 30.1 Å². The number of sulfonamides is 1. The maximum atomic E-state index is 12.3. The lowest BCUT2D eigenvalue weighted by Gasteiger charge is -2.10. The van der Waals surface area contributed by atoms with Gasteiger partial charge in [0.1, 0.15) is 16.2 Å². The zero-order valence-corrected chi connectivity index (χ0v) is 13.0. The predicted octanol–water partition coefficient (Wildman–Crippen LogP) is 1.93. The summed E-state index contributed by atoms with van der Waals surface area (Å²) in [6.07, 6.45) is 1.53. The van der Waals surface area contributed by atoms with Gasteiger partial charge in [-0.3, -0.25) is 4.72 Å². The molecule has 0 amide bonds. The van der Waals surface area contributed by atoms with E-state index in [1.165, 1.54) is 17.8 Å². The number of rotatable bonds is 5. The Hall–Kier alpha value is -1.26. The molecule has 0 spiro atoms. The van der Waals surface area contributed by atoms with Gasteiger partial charge in [0.2, 0.25) is 5.13 Å². The Balaban J connectivity index is 2.41. The molecule has 2 aromatic heterocycles. The van der Waals surface area contributed by atoms with E-state index in [9.17, 15) is 8.42 Å². The Kier molecular flexibility index (Phi) is 4.32. The van der Waals surface area contributed by atoms with E-state index in [2.05, 4.69) is 41.2 Å². The lowest BCUT2D eigenvalue weighted by molar-refractivity contribution is 0.601. The normalized spacial score (nSPS) is 11.3. The highest BCUT2D eigenvalue weighted by Gasteiger charge is 2.21. The van der Waals surface area contributed by atoms with Crippen LogP contribution in [0.2, 0.25) is 0 Å². The summed E-state index contributed by atoms with van der Waals surface area (Å²) in [4.78, 5) is 4.11. The van der Waals surface area contributed by atoms with Gasteiger partial charge in [-0.2, -0.15) is 0 Å². The van der Waals surface area contributed by atoms with Crippen LogP contribution in [0, 0.1) is 0 Å². The van der Waals surface area contributed by atoms with Gasteiger partial charge >= 0.3 is 0 Å². The van der Waals surface area contributed by atoms with Crippen LogP contribution in [0.1, 0.15) is 6.92 Å². The molecule has 0 saturated heterocycles. The van der Waals surface area contributed by atoms with E-state index in [1.807, 2.05) is 6.92 Å². The van der Waals surface area contributed by atoms with Gasteiger partial charge in [0.05, 0.1) is 0 Å². The number of halogens is 1. The van der Waals surface area contributed by atoms with Gasteiger partial charge in [0.15, 0.2) is 0 Å². The Labute approximate surface area is 122 Å². The highest BCUT2D eigenvalue weighted by molar-refractivity contribution is 9.10. The smallest absolute Gasteiger partial charge is 0.267 e. The van der Waals surface area contributed by atoms with Crippen molar-refractivity contribution in [2.75, 3.05) is 16.6 Å². The van der Waals surface area contributed by atoms with Gasteiger partial charge in [-0.05, 0) is 28.9 Å². The van der Waals surface area contributed by atoms with E-state index in [0.29, 0.717) is 16.8 Å². The molecule has 0 fully saturated rings. The SMILES string of the molecule is CCNc1ncc(Br)cc1S(=O)(=O)Nc1nncs1. The highest BCUT2D eigenvalue weighted by Crippen LogP contribution is 2.25. The van der Waals surface area contributed by atoms with Gasteiger partial charge in [0, 0.05) is 17.2 Å². The quantitative estimate of drug-likeness (QED) is 0.842. The summed E-state index contributed by atoms with van der Waals surface area (Å²) >= 11 is 4.31. The molecule has 10 heteroatoms. The Morgan fingerprint density at radius 2 is 2.26 bits per heavy atom. The minimum absolute atomic E-state index is 0.0546. The van der Waals surface area contributed by atoms with Crippen LogP contribution < -0.4 is 10.0 Å². The van der Waals surface area contributed by atoms with E-state index in [0.717, 1.165) is 11.3 Å². The number of nitrogens with zero attached hydrogens (tertiary/aromatic N) is 3. The molecule has 0 radical (unpaired) electrons. The maximum absolute atomic E-state index is 12.3. The number of hydrogen-bond donors (Lipinski definition) is 2. The van der Waals surface area contributed by atoms with Crippen molar-refractivity contribution in [3.8, 4) is 0 Å². The largest absolute Gasteiger partial charge is 0.369 e. The minimum atomic E-state index is -3.76. The van der Waals surface area contributed by atoms with Gasteiger partial charge in [-0.1, -0.05) is 11.3 Å². The summed E-state index contributed by atoms with van der Waals surface area (Å²) in [6.45, 7) is 2.42. The third-order valence-corrected chi connectivity index (χ3v) is 4.56. The van der Waals surface area contributed by atoms with E-state index < -0.39 is 10.0 Å². The first-order chi connectivity index (χ1) is 9.03. The molecule has 102 valence electrons. The molecule has 0 aromatic carbocycles. The first kappa shape index (κ1) is 14.2. The van der Waals surface area contributed by atoms with Crippen LogP contribution >= 0.6 is 27.3 Å². The van der Waals surface area contributed by atoms with E-state index in [4.69, 9.17) is 0 Å². The maximum Gasteiger partial charge on any atom is 0.267 e. The average Bonchev–Trinajstić information content (AvgIpc) is 2.83. The third-order valence-electron chi connectivity index (χ3n) is 2.03. The minimum Gasteiger partial charge on any atom is -0.369 e. The molecule has 19 heavy (non-hydrogen) atoms. The van der Waals surface area contributed by atoms with E-state index >= 15 is 0 Å². The number of nitrogens with one attached hydrogen (secondary N) is 2. The fourth-order valence-electron chi connectivity index (χ4n) is 1.31. The van der Waals surface area contributed by atoms with Crippen molar-refractivity contribution in [2.45, 2.75) is 11.8 Å². The molecular formula is C9H10BrN5O2S2. The van der Waals surface area contributed by atoms with Crippen molar-refractivity contribution < 1.29 is 8.42 Å². The van der Waals surface area contributed by atoms with Crippen LogP contribution in [0.3, 0.4) is 0 Å². The third kappa shape index (κ3) is 3.39. The zero-order chi connectivity index (χ0) is 13.9. The molecule has 0 aliphatic rings.